The third kappa shape index (κ3) is 39.7. The number of esters is 2. The van der Waals surface area contributed by atoms with Gasteiger partial charge in [-0.25, -0.2) is 4.57 Å². The Bertz CT molecular complexity index is 1100. The van der Waals surface area contributed by atoms with Gasteiger partial charge in [-0.05, 0) is 77.0 Å². The van der Waals surface area contributed by atoms with E-state index in [9.17, 15) is 24.2 Å². The highest BCUT2D eigenvalue weighted by Crippen LogP contribution is 2.43. The summed E-state index contributed by atoms with van der Waals surface area (Å²) in [7, 11) is -4.63. The number of unbranched alkanes of at least 4 members (excludes halogenated alkanes) is 15. The summed E-state index contributed by atoms with van der Waals surface area (Å²) >= 11 is 0. The average Bonchev–Trinajstić information content (AvgIpc) is 3.17. The minimum Gasteiger partial charge on any atom is -0.462 e. The van der Waals surface area contributed by atoms with Gasteiger partial charge in [-0.2, -0.15) is 0 Å². The molecule has 0 aliphatic heterocycles. The smallest absolute Gasteiger partial charge is 0.462 e. The maximum Gasteiger partial charge on any atom is 0.472 e. The summed E-state index contributed by atoms with van der Waals surface area (Å²) in [5.74, 6) is -0.979. The quantitative estimate of drug-likeness (QED) is 0.0237. The van der Waals surface area contributed by atoms with E-state index in [0.29, 0.717) is 12.8 Å². The van der Waals surface area contributed by atoms with E-state index in [1.807, 2.05) is 0 Å². The van der Waals surface area contributed by atoms with Crippen LogP contribution in [0, 0.1) is 0 Å². The summed E-state index contributed by atoms with van der Waals surface area (Å²) in [6, 6.07) is 0. The number of phosphoric ester groups is 1. The molecule has 0 heterocycles. The molecule has 0 bridgehead atoms. The molecule has 0 aromatic heterocycles. The van der Waals surface area contributed by atoms with Crippen molar-refractivity contribution in [3.8, 4) is 0 Å². The number of phosphoric acid groups is 1. The summed E-state index contributed by atoms with van der Waals surface area (Å²) < 4.78 is 32.6. The second kappa shape index (κ2) is 39.9. The molecule has 0 fully saturated rings. The first-order valence-electron chi connectivity index (χ1n) is 21.2. The SMILES string of the molecule is CC/C=C/C/C=C/C/C=C/C/C=C/CCCCC(=O)O[C@H](COC(=O)CCCCCCCCCCC/C=C/CCCCCC)COP(=O)(O)OC[C@@H](O)CO. The van der Waals surface area contributed by atoms with Gasteiger partial charge >= 0.3 is 19.8 Å². The lowest BCUT2D eigenvalue weighted by Gasteiger charge is -2.20. The van der Waals surface area contributed by atoms with Gasteiger partial charge in [-0.3, -0.25) is 18.6 Å². The lowest BCUT2D eigenvalue weighted by molar-refractivity contribution is -0.161. The van der Waals surface area contributed by atoms with Crippen molar-refractivity contribution < 1.29 is 47.8 Å². The van der Waals surface area contributed by atoms with E-state index in [2.05, 4.69) is 79.1 Å². The van der Waals surface area contributed by atoms with Crippen LogP contribution in [-0.4, -0.2) is 65.7 Å². The third-order valence-corrected chi connectivity index (χ3v) is 9.61. The van der Waals surface area contributed by atoms with Crippen LogP contribution in [0.2, 0.25) is 0 Å². The van der Waals surface area contributed by atoms with Crippen LogP contribution in [-0.2, 0) is 32.7 Å². The van der Waals surface area contributed by atoms with E-state index < -0.39 is 51.8 Å². The van der Waals surface area contributed by atoms with Crippen molar-refractivity contribution in [3.63, 3.8) is 0 Å². The number of allylic oxidation sites excluding steroid dienone is 10. The van der Waals surface area contributed by atoms with E-state index in [4.69, 9.17) is 19.1 Å². The molecule has 0 aromatic rings. The summed E-state index contributed by atoms with van der Waals surface area (Å²) in [4.78, 5) is 34.9. The van der Waals surface area contributed by atoms with Crippen LogP contribution in [0.4, 0.5) is 0 Å². The van der Waals surface area contributed by atoms with Gasteiger partial charge in [-0.1, -0.05) is 139 Å². The number of hydrogen-bond donors (Lipinski definition) is 3. The zero-order valence-electron chi connectivity index (χ0n) is 34.4. The molecule has 318 valence electrons. The Morgan fingerprint density at radius 3 is 1.56 bits per heavy atom. The zero-order chi connectivity index (χ0) is 40.5. The average molecular weight is 797 g/mol. The topological polar surface area (TPSA) is 149 Å². The predicted molar refractivity (Wildman–Crippen MR) is 224 cm³/mol. The van der Waals surface area contributed by atoms with Gasteiger partial charge < -0.3 is 24.6 Å². The minimum absolute atomic E-state index is 0.130. The molecule has 0 rings (SSSR count). The summed E-state index contributed by atoms with van der Waals surface area (Å²) in [6.45, 7) is 2.19. The molecule has 3 N–H and O–H groups in total. The van der Waals surface area contributed by atoms with Crippen LogP contribution < -0.4 is 0 Å². The highest BCUT2D eigenvalue weighted by molar-refractivity contribution is 7.47. The number of hydrogen-bond acceptors (Lipinski definition) is 9. The number of ether oxygens (including phenoxy) is 2. The van der Waals surface area contributed by atoms with Crippen LogP contribution in [0.3, 0.4) is 0 Å². The van der Waals surface area contributed by atoms with Crippen molar-refractivity contribution >= 4 is 19.8 Å². The molecule has 0 aromatic carbocycles. The summed E-state index contributed by atoms with van der Waals surface area (Å²) in [5, 5.41) is 18.3. The Balaban J connectivity index is 4.37. The van der Waals surface area contributed by atoms with Crippen LogP contribution in [0.15, 0.2) is 60.8 Å². The van der Waals surface area contributed by atoms with Crippen LogP contribution >= 0.6 is 7.82 Å². The molecule has 3 atom stereocenters. The molecule has 0 saturated heterocycles. The van der Waals surface area contributed by atoms with Gasteiger partial charge in [0.15, 0.2) is 6.10 Å². The molecule has 0 aliphatic rings. The van der Waals surface area contributed by atoms with Crippen molar-refractivity contribution in [2.75, 3.05) is 26.4 Å². The Kier molecular flexibility index (Phi) is 38.2. The maximum absolute atomic E-state index is 12.6. The van der Waals surface area contributed by atoms with Crippen LogP contribution in [0.1, 0.15) is 168 Å². The number of carbonyl (C=O) groups excluding carboxylic acids is 2. The fourth-order valence-corrected chi connectivity index (χ4v) is 6.18. The molecule has 0 aliphatic carbocycles. The van der Waals surface area contributed by atoms with E-state index in [0.717, 1.165) is 57.8 Å². The van der Waals surface area contributed by atoms with Crippen molar-refractivity contribution in [2.45, 2.75) is 180 Å². The Hall–Kier alpha value is -2.33. The number of rotatable bonds is 39. The fraction of sp³-hybridized carbons (Fsp3) is 0.727. The first kappa shape index (κ1) is 52.7. The molecular weight excluding hydrogens is 719 g/mol. The van der Waals surface area contributed by atoms with Crippen molar-refractivity contribution in [2.24, 2.45) is 0 Å². The predicted octanol–water partition coefficient (Wildman–Crippen LogP) is 11.1. The molecule has 0 amide bonds. The van der Waals surface area contributed by atoms with E-state index in [-0.39, 0.29) is 19.4 Å². The summed E-state index contributed by atoms with van der Waals surface area (Å²) in [6.07, 6.45) is 43.3. The first-order chi connectivity index (χ1) is 26.7. The Labute approximate surface area is 334 Å². The second-order valence-electron chi connectivity index (χ2n) is 14.0. The molecule has 1 unspecified atom stereocenters. The Morgan fingerprint density at radius 1 is 0.564 bits per heavy atom. The van der Waals surface area contributed by atoms with E-state index in [1.165, 1.54) is 70.6 Å². The van der Waals surface area contributed by atoms with Crippen molar-refractivity contribution in [3.05, 3.63) is 60.8 Å². The molecule has 10 nitrogen and oxygen atoms in total. The lowest BCUT2D eigenvalue weighted by atomic mass is 10.1. The lowest BCUT2D eigenvalue weighted by Crippen LogP contribution is -2.29. The highest BCUT2D eigenvalue weighted by atomic mass is 31.2. The van der Waals surface area contributed by atoms with Gasteiger partial charge in [0.25, 0.3) is 0 Å². The normalized spacial score (nSPS) is 14.5. The molecule has 0 spiro atoms. The monoisotopic (exact) mass is 797 g/mol. The van der Waals surface area contributed by atoms with Crippen LogP contribution in [0.25, 0.3) is 0 Å². The molecule has 0 saturated carbocycles. The molecule has 0 radical (unpaired) electrons. The largest absolute Gasteiger partial charge is 0.472 e. The zero-order valence-corrected chi connectivity index (χ0v) is 35.3. The van der Waals surface area contributed by atoms with Crippen LogP contribution in [0.5, 0.6) is 0 Å². The van der Waals surface area contributed by atoms with Crippen molar-refractivity contribution in [1.29, 1.82) is 0 Å². The maximum atomic E-state index is 12.6. The highest BCUT2D eigenvalue weighted by Gasteiger charge is 2.27. The van der Waals surface area contributed by atoms with Gasteiger partial charge in [0, 0.05) is 12.8 Å². The summed E-state index contributed by atoms with van der Waals surface area (Å²) in [5.41, 5.74) is 0. The standard InChI is InChI=1S/C44H77O10P/c1-3-5-7-9-11-13-15-17-19-20-22-23-25-27-29-31-33-35-43(47)51-39-42(40-53-55(49,50)52-38-41(46)37-45)54-44(48)36-34-32-30-28-26-24-21-18-16-14-12-10-8-6-4-2/h6,8,12-15,18,21,26,28,41-42,45-46H,3-5,7,9-11,16-17,19-20,22-25,27,29-40H2,1-2H3,(H,49,50)/b8-6+,14-12+,15-13+,21-18+,28-26+/t41-,42+/m0/s1. The van der Waals surface area contributed by atoms with Gasteiger partial charge in [0.2, 0.25) is 0 Å². The Morgan fingerprint density at radius 2 is 1.00 bits per heavy atom. The number of carbonyl (C=O) groups is 2. The second-order valence-corrected chi connectivity index (χ2v) is 15.4. The fourth-order valence-electron chi connectivity index (χ4n) is 5.39. The molecule has 11 heteroatoms. The van der Waals surface area contributed by atoms with E-state index >= 15 is 0 Å². The number of aliphatic hydroxyl groups excluding tert-OH is 2. The minimum atomic E-state index is -4.63. The molecular formula is C44H77O10P. The van der Waals surface area contributed by atoms with Gasteiger partial charge in [0.05, 0.1) is 19.8 Å². The number of aliphatic hydroxyl groups is 2. The third-order valence-electron chi connectivity index (χ3n) is 8.66. The van der Waals surface area contributed by atoms with Gasteiger partial charge in [-0.15, -0.1) is 0 Å². The van der Waals surface area contributed by atoms with E-state index in [1.54, 1.807) is 0 Å². The first-order valence-corrected chi connectivity index (χ1v) is 22.7. The van der Waals surface area contributed by atoms with Gasteiger partial charge in [0.1, 0.15) is 12.7 Å². The molecule has 55 heavy (non-hydrogen) atoms. The van der Waals surface area contributed by atoms with Crippen molar-refractivity contribution in [1.82, 2.24) is 0 Å².